The minimum atomic E-state index is -3.82. The molecule has 1 heterocycles. The van der Waals surface area contributed by atoms with E-state index in [0.717, 1.165) is 15.4 Å². The van der Waals surface area contributed by atoms with E-state index < -0.39 is 28.5 Å². The van der Waals surface area contributed by atoms with Crippen LogP contribution in [0.4, 0.5) is 5.69 Å². The monoisotopic (exact) mass is 517 g/mol. The Morgan fingerprint density at radius 3 is 2.36 bits per heavy atom. The van der Waals surface area contributed by atoms with Gasteiger partial charge in [-0.3, -0.25) is 13.9 Å². The summed E-state index contributed by atoms with van der Waals surface area (Å²) >= 11 is 0. The number of rotatable bonds is 11. The first kappa shape index (κ1) is 27.3. The quantitative estimate of drug-likeness (QED) is 0.492. The molecule has 196 valence electrons. The van der Waals surface area contributed by atoms with Crippen molar-refractivity contribution in [2.75, 3.05) is 36.4 Å². The Morgan fingerprint density at radius 1 is 1.03 bits per heavy atom. The third-order valence-electron chi connectivity index (χ3n) is 6.13. The normalized spacial score (nSPS) is 13.6. The van der Waals surface area contributed by atoms with Gasteiger partial charge in [-0.2, -0.15) is 0 Å². The number of nitrogens with one attached hydrogen (secondary N) is 1. The standard InChI is InChI=1S/C26H35N3O6S/c1-5-22(26(31)27-6-2)28(17-20-11-9-8-10-19(20)4)25(30)18-29(36(32,33)7-3)21-12-13-23-24(16-21)35-15-14-34-23/h8-13,16,22H,5-7,14-15,17-18H2,1-4H3,(H,27,31). The van der Waals surface area contributed by atoms with Gasteiger partial charge in [-0.15, -0.1) is 0 Å². The number of aryl methyl sites for hydroxylation is 1. The van der Waals surface area contributed by atoms with Crippen molar-refractivity contribution in [3.05, 3.63) is 53.6 Å². The van der Waals surface area contributed by atoms with Crippen molar-refractivity contribution in [2.45, 2.75) is 46.7 Å². The number of ether oxygens (including phenoxy) is 2. The first-order valence-corrected chi connectivity index (χ1v) is 13.8. The molecule has 1 unspecified atom stereocenters. The van der Waals surface area contributed by atoms with Crippen molar-refractivity contribution in [3.8, 4) is 11.5 Å². The fourth-order valence-corrected chi connectivity index (χ4v) is 5.14. The van der Waals surface area contributed by atoms with Gasteiger partial charge in [0.1, 0.15) is 25.8 Å². The molecule has 0 bridgehead atoms. The minimum Gasteiger partial charge on any atom is -0.486 e. The average Bonchev–Trinajstić information content (AvgIpc) is 2.87. The molecule has 0 aromatic heterocycles. The third kappa shape index (κ3) is 6.29. The van der Waals surface area contributed by atoms with E-state index >= 15 is 0 Å². The number of amides is 2. The van der Waals surface area contributed by atoms with E-state index in [9.17, 15) is 18.0 Å². The zero-order valence-corrected chi connectivity index (χ0v) is 22.1. The summed E-state index contributed by atoms with van der Waals surface area (Å²) in [5.74, 6) is 0.0103. The number of likely N-dealkylation sites (N-methyl/N-ethyl adjacent to an activating group) is 1. The molecule has 9 nitrogen and oxygen atoms in total. The van der Waals surface area contributed by atoms with Crippen LogP contribution in [0.5, 0.6) is 11.5 Å². The Labute approximate surface area is 213 Å². The molecule has 1 aliphatic heterocycles. The molecule has 0 aliphatic carbocycles. The van der Waals surface area contributed by atoms with Crippen LogP contribution < -0.4 is 19.1 Å². The highest BCUT2D eigenvalue weighted by molar-refractivity contribution is 7.92. The van der Waals surface area contributed by atoms with Crippen molar-refractivity contribution in [1.82, 2.24) is 10.2 Å². The van der Waals surface area contributed by atoms with Crippen LogP contribution in [-0.2, 0) is 26.2 Å². The maximum atomic E-state index is 13.8. The lowest BCUT2D eigenvalue weighted by molar-refractivity contribution is -0.140. The number of carbonyl (C=O) groups excluding carboxylic acids is 2. The van der Waals surface area contributed by atoms with Crippen molar-refractivity contribution in [3.63, 3.8) is 0 Å². The van der Waals surface area contributed by atoms with Gasteiger partial charge in [-0.05, 0) is 50.5 Å². The van der Waals surface area contributed by atoms with Gasteiger partial charge in [0.05, 0.1) is 11.4 Å². The first-order valence-electron chi connectivity index (χ1n) is 12.2. The number of benzene rings is 2. The number of fused-ring (bicyclic) bond motifs is 1. The number of sulfonamides is 1. The zero-order chi connectivity index (χ0) is 26.3. The van der Waals surface area contributed by atoms with Crippen LogP contribution in [0.25, 0.3) is 0 Å². The average molecular weight is 518 g/mol. The lowest BCUT2D eigenvalue weighted by Gasteiger charge is -2.33. The third-order valence-corrected chi connectivity index (χ3v) is 7.87. The van der Waals surface area contributed by atoms with Crippen LogP contribution in [0.15, 0.2) is 42.5 Å². The van der Waals surface area contributed by atoms with E-state index in [-0.39, 0.29) is 18.2 Å². The van der Waals surface area contributed by atoms with Crippen LogP contribution in [0.3, 0.4) is 0 Å². The molecule has 0 radical (unpaired) electrons. The molecule has 2 aromatic rings. The first-order chi connectivity index (χ1) is 17.2. The SMILES string of the molecule is CCNC(=O)C(CC)N(Cc1ccccc1C)C(=O)CN(c1ccc2c(c1)OCCO2)S(=O)(=O)CC. The van der Waals surface area contributed by atoms with Gasteiger partial charge in [0, 0.05) is 19.2 Å². The van der Waals surface area contributed by atoms with Gasteiger partial charge < -0.3 is 19.7 Å². The Hall–Kier alpha value is -3.27. The van der Waals surface area contributed by atoms with Crippen LogP contribution in [0, 0.1) is 6.92 Å². The molecule has 2 amide bonds. The van der Waals surface area contributed by atoms with Gasteiger partial charge in [0.15, 0.2) is 11.5 Å². The van der Waals surface area contributed by atoms with E-state index in [0.29, 0.717) is 43.4 Å². The summed E-state index contributed by atoms with van der Waals surface area (Å²) < 4.78 is 38.5. The Bertz CT molecular complexity index is 1180. The van der Waals surface area contributed by atoms with Gasteiger partial charge >= 0.3 is 0 Å². The lowest BCUT2D eigenvalue weighted by atomic mass is 10.1. The van der Waals surface area contributed by atoms with Crippen LogP contribution in [-0.4, -0.2) is 63.2 Å². The molecule has 0 fully saturated rings. The fraction of sp³-hybridized carbons (Fsp3) is 0.462. The van der Waals surface area contributed by atoms with Crippen molar-refractivity contribution in [1.29, 1.82) is 0 Å². The number of hydrogen-bond acceptors (Lipinski definition) is 6. The predicted octanol–water partition coefficient (Wildman–Crippen LogP) is 2.87. The molecule has 1 aliphatic rings. The zero-order valence-electron chi connectivity index (χ0n) is 21.3. The van der Waals surface area contributed by atoms with Crippen molar-refractivity contribution >= 4 is 27.5 Å². The summed E-state index contributed by atoms with van der Waals surface area (Å²) in [5.41, 5.74) is 2.17. The van der Waals surface area contributed by atoms with E-state index in [1.165, 1.54) is 11.8 Å². The van der Waals surface area contributed by atoms with Crippen LogP contribution >= 0.6 is 0 Å². The molecule has 10 heteroatoms. The molecule has 0 spiro atoms. The van der Waals surface area contributed by atoms with Gasteiger partial charge in [-0.1, -0.05) is 31.2 Å². The summed E-state index contributed by atoms with van der Waals surface area (Å²) in [4.78, 5) is 28.2. The molecule has 36 heavy (non-hydrogen) atoms. The second-order valence-electron chi connectivity index (χ2n) is 8.50. The molecule has 0 saturated carbocycles. The topological polar surface area (TPSA) is 105 Å². The highest BCUT2D eigenvalue weighted by atomic mass is 32.2. The maximum Gasteiger partial charge on any atom is 0.244 e. The number of nitrogens with zero attached hydrogens (tertiary/aromatic N) is 2. The second-order valence-corrected chi connectivity index (χ2v) is 10.7. The van der Waals surface area contributed by atoms with Crippen LogP contribution in [0.2, 0.25) is 0 Å². The molecular formula is C26H35N3O6S. The number of hydrogen-bond donors (Lipinski definition) is 1. The molecule has 2 aromatic carbocycles. The Kier molecular flexibility index (Phi) is 9.19. The maximum absolute atomic E-state index is 13.8. The molecular weight excluding hydrogens is 482 g/mol. The lowest BCUT2D eigenvalue weighted by Crippen LogP contribution is -2.52. The highest BCUT2D eigenvalue weighted by Gasteiger charge is 2.33. The van der Waals surface area contributed by atoms with E-state index in [2.05, 4.69) is 5.32 Å². The molecule has 1 atom stereocenters. The second kappa shape index (κ2) is 12.1. The molecule has 1 N–H and O–H groups in total. The van der Waals surface area contributed by atoms with Crippen molar-refractivity contribution < 1.29 is 27.5 Å². The predicted molar refractivity (Wildman–Crippen MR) is 139 cm³/mol. The number of anilines is 1. The summed E-state index contributed by atoms with van der Waals surface area (Å²) in [5, 5.41) is 2.80. The van der Waals surface area contributed by atoms with E-state index in [4.69, 9.17) is 9.47 Å². The van der Waals surface area contributed by atoms with Crippen LogP contribution in [0.1, 0.15) is 38.3 Å². The summed E-state index contributed by atoms with van der Waals surface area (Å²) in [6.45, 7) is 8.04. The summed E-state index contributed by atoms with van der Waals surface area (Å²) in [7, 11) is -3.82. The van der Waals surface area contributed by atoms with Crippen molar-refractivity contribution in [2.24, 2.45) is 0 Å². The van der Waals surface area contributed by atoms with Gasteiger partial charge in [0.2, 0.25) is 21.8 Å². The smallest absolute Gasteiger partial charge is 0.244 e. The fourth-order valence-electron chi connectivity index (χ4n) is 4.09. The minimum absolute atomic E-state index is 0.183. The Balaban J connectivity index is 1.99. The van der Waals surface area contributed by atoms with Gasteiger partial charge in [0.25, 0.3) is 0 Å². The summed E-state index contributed by atoms with van der Waals surface area (Å²) in [6, 6.07) is 11.7. The molecule has 0 saturated heterocycles. The largest absolute Gasteiger partial charge is 0.486 e. The molecule has 3 rings (SSSR count). The number of carbonyl (C=O) groups is 2. The Morgan fingerprint density at radius 2 is 1.72 bits per heavy atom. The van der Waals surface area contributed by atoms with E-state index in [1.807, 2.05) is 45.0 Å². The van der Waals surface area contributed by atoms with Gasteiger partial charge in [-0.25, -0.2) is 8.42 Å². The van der Waals surface area contributed by atoms with E-state index in [1.54, 1.807) is 18.2 Å². The highest BCUT2D eigenvalue weighted by Crippen LogP contribution is 2.35. The summed E-state index contributed by atoms with van der Waals surface area (Å²) in [6.07, 6.45) is 0.383.